The van der Waals surface area contributed by atoms with E-state index in [9.17, 15) is 13.2 Å². The number of sulfonamides is 1. The highest BCUT2D eigenvalue weighted by Gasteiger charge is 2.25. The predicted molar refractivity (Wildman–Crippen MR) is 87.4 cm³/mol. The molecular weight excluding hydrogens is 334 g/mol. The molecule has 2 rings (SSSR count). The van der Waals surface area contributed by atoms with Crippen LogP contribution in [0.2, 0.25) is 0 Å². The third kappa shape index (κ3) is 4.12. The van der Waals surface area contributed by atoms with Gasteiger partial charge in [0.05, 0.1) is 13.2 Å². The number of rotatable bonds is 6. The summed E-state index contributed by atoms with van der Waals surface area (Å²) in [5.74, 6) is 0.394. The van der Waals surface area contributed by atoms with Gasteiger partial charge in [0.1, 0.15) is 16.4 Å². The van der Waals surface area contributed by atoms with Crippen molar-refractivity contribution in [3.8, 4) is 5.75 Å². The van der Waals surface area contributed by atoms with Crippen molar-refractivity contribution in [3.63, 3.8) is 0 Å². The zero-order valence-corrected chi connectivity index (χ0v) is 14.6. The van der Waals surface area contributed by atoms with Crippen molar-refractivity contribution < 1.29 is 22.5 Å². The van der Waals surface area contributed by atoms with Crippen LogP contribution in [0.1, 0.15) is 18.2 Å². The van der Waals surface area contributed by atoms with Gasteiger partial charge in [-0.25, -0.2) is 8.42 Å². The normalized spacial score (nSPS) is 12.7. The topological polar surface area (TPSA) is 111 Å². The molecule has 0 aliphatic rings. The summed E-state index contributed by atoms with van der Waals surface area (Å²) in [4.78, 5) is 12.1. The lowest BCUT2D eigenvalue weighted by molar-refractivity contribution is -0.117. The number of methoxy groups -OCH3 is 1. The zero-order valence-electron chi connectivity index (χ0n) is 13.8. The van der Waals surface area contributed by atoms with Crippen LogP contribution in [0.3, 0.4) is 0 Å². The Kier molecular flexibility index (Phi) is 5.25. The number of hydrogen-bond donors (Lipinski definition) is 2. The van der Waals surface area contributed by atoms with Crippen molar-refractivity contribution in [2.45, 2.75) is 31.7 Å². The lowest BCUT2D eigenvalue weighted by Crippen LogP contribution is -2.41. The summed E-state index contributed by atoms with van der Waals surface area (Å²) >= 11 is 0. The number of ether oxygens (including phenoxy) is 1. The molecule has 9 heteroatoms. The first-order valence-electron chi connectivity index (χ1n) is 7.14. The Balaban J connectivity index is 2.16. The fraction of sp³-hybridized carbons (Fsp3) is 0.333. The number of carbonyl (C=O) groups excluding carboxylic acids is 1. The first kappa shape index (κ1) is 18.0. The molecule has 0 radical (unpaired) electrons. The summed E-state index contributed by atoms with van der Waals surface area (Å²) in [6.45, 7) is 4.88. The van der Waals surface area contributed by atoms with E-state index >= 15 is 0 Å². The van der Waals surface area contributed by atoms with Gasteiger partial charge >= 0.3 is 0 Å². The molecule has 24 heavy (non-hydrogen) atoms. The number of aromatic nitrogens is 1. The number of carbonyl (C=O) groups is 1. The maximum absolute atomic E-state index is 12.5. The Morgan fingerprint density at radius 1 is 1.29 bits per heavy atom. The summed E-state index contributed by atoms with van der Waals surface area (Å²) in [6.07, 6.45) is 0. The lowest BCUT2D eigenvalue weighted by atomic mass is 10.2. The molecule has 2 aromatic rings. The van der Waals surface area contributed by atoms with E-state index in [0.29, 0.717) is 5.76 Å². The van der Waals surface area contributed by atoms with Gasteiger partial charge < -0.3 is 14.6 Å². The molecule has 1 aromatic heterocycles. The fourth-order valence-electron chi connectivity index (χ4n) is 2.00. The van der Waals surface area contributed by atoms with E-state index in [-0.39, 0.29) is 16.5 Å². The van der Waals surface area contributed by atoms with E-state index in [0.717, 1.165) is 5.56 Å². The van der Waals surface area contributed by atoms with Crippen molar-refractivity contribution >= 4 is 21.7 Å². The van der Waals surface area contributed by atoms with E-state index in [1.54, 1.807) is 26.0 Å². The summed E-state index contributed by atoms with van der Waals surface area (Å²) in [6, 6.07) is 5.29. The van der Waals surface area contributed by atoms with Crippen LogP contribution >= 0.6 is 0 Å². The average molecular weight is 353 g/mol. The van der Waals surface area contributed by atoms with Gasteiger partial charge in [-0.05, 0) is 38.5 Å². The Hall–Kier alpha value is -2.39. The Bertz CT molecular complexity index is 845. The van der Waals surface area contributed by atoms with Gasteiger partial charge in [-0.3, -0.25) is 4.79 Å². The number of benzene rings is 1. The smallest absolute Gasteiger partial charge is 0.244 e. The molecule has 130 valence electrons. The van der Waals surface area contributed by atoms with Crippen LogP contribution in [0.25, 0.3) is 0 Å². The summed E-state index contributed by atoms with van der Waals surface area (Å²) in [5.41, 5.74) is 0.756. The molecular formula is C15H19N3O5S. The summed E-state index contributed by atoms with van der Waals surface area (Å²) in [5, 5.41) is 6.10. The fourth-order valence-corrected chi connectivity index (χ4v) is 3.46. The van der Waals surface area contributed by atoms with Crippen LogP contribution in [-0.2, 0) is 14.8 Å². The number of nitrogens with zero attached hydrogens (tertiary/aromatic N) is 1. The number of amides is 1. The van der Waals surface area contributed by atoms with Crippen molar-refractivity contribution in [1.29, 1.82) is 0 Å². The molecule has 0 fully saturated rings. The molecule has 8 nitrogen and oxygen atoms in total. The Morgan fingerprint density at radius 2 is 2.00 bits per heavy atom. The predicted octanol–water partition coefficient (Wildman–Crippen LogP) is 1.61. The van der Waals surface area contributed by atoms with Gasteiger partial charge in [0, 0.05) is 6.07 Å². The lowest BCUT2D eigenvalue weighted by Gasteiger charge is -2.15. The van der Waals surface area contributed by atoms with Crippen LogP contribution < -0.4 is 14.8 Å². The second kappa shape index (κ2) is 7.02. The van der Waals surface area contributed by atoms with E-state index in [1.165, 1.54) is 26.2 Å². The molecule has 1 atom stereocenters. The molecule has 0 spiro atoms. The van der Waals surface area contributed by atoms with Gasteiger partial charge in [0.15, 0.2) is 5.82 Å². The Morgan fingerprint density at radius 3 is 2.58 bits per heavy atom. The number of aryl methyl sites for hydroxylation is 2. The first-order chi connectivity index (χ1) is 11.2. The second-order valence-electron chi connectivity index (χ2n) is 5.31. The molecule has 1 aromatic carbocycles. The number of hydrogen-bond acceptors (Lipinski definition) is 6. The van der Waals surface area contributed by atoms with E-state index in [4.69, 9.17) is 9.26 Å². The maximum atomic E-state index is 12.5. The quantitative estimate of drug-likeness (QED) is 0.816. The molecule has 1 heterocycles. The zero-order chi connectivity index (χ0) is 17.9. The third-order valence-electron chi connectivity index (χ3n) is 3.21. The molecule has 2 N–H and O–H groups in total. The van der Waals surface area contributed by atoms with E-state index in [1.807, 2.05) is 0 Å². The van der Waals surface area contributed by atoms with Crippen LogP contribution in [0.4, 0.5) is 5.82 Å². The van der Waals surface area contributed by atoms with E-state index < -0.39 is 22.0 Å². The molecule has 0 aliphatic heterocycles. The first-order valence-corrected chi connectivity index (χ1v) is 8.62. The molecule has 0 bridgehead atoms. The highest BCUT2D eigenvalue weighted by Crippen LogP contribution is 2.24. The molecule has 0 saturated heterocycles. The van der Waals surface area contributed by atoms with Gasteiger partial charge in [-0.2, -0.15) is 4.72 Å². The highest BCUT2D eigenvalue weighted by molar-refractivity contribution is 7.89. The van der Waals surface area contributed by atoms with Gasteiger partial charge in [-0.15, -0.1) is 0 Å². The highest BCUT2D eigenvalue weighted by atomic mass is 32.2. The van der Waals surface area contributed by atoms with Crippen molar-refractivity contribution in [1.82, 2.24) is 9.88 Å². The van der Waals surface area contributed by atoms with Crippen LogP contribution in [0.5, 0.6) is 5.75 Å². The van der Waals surface area contributed by atoms with E-state index in [2.05, 4.69) is 15.2 Å². The Labute approximate surface area is 140 Å². The number of nitrogens with one attached hydrogen (secondary N) is 2. The average Bonchev–Trinajstić information content (AvgIpc) is 2.91. The molecule has 0 aliphatic carbocycles. The monoisotopic (exact) mass is 353 g/mol. The standard InChI is InChI=1S/C15H19N3O5S/c1-9-5-6-12(22-4)13(7-9)24(20,21)18-11(3)15(19)16-14-8-10(2)23-17-14/h5-8,11,18H,1-4H3,(H,16,17,19)/t11-/m0/s1. The minimum absolute atomic E-state index is 0.0260. The van der Waals surface area contributed by atoms with Gasteiger partial charge in [-0.1, -0.05) is 11.2 Å². The van der Waals surface area contributed by atoms with Crippen molar-refractivity contribution in [3.05, 3.63) is 35.6 Å². The van der Waals surface area contributed by atoms with Crippen LogP contribution in [-0.4, -0.2) is 32.6 Å². The van der Waals surface area contributed by atoms with Crippen LogP contribution in [0, 0.1) is 13.8 Å². The van der Waals surface area contributed by atoms with Gasteiger partial charge in [0.2, 0.25) is 15.9 Å². The van der Waals surface area contributed by atoms with Crippen molar-refractivity contribution in [2.75, 3.05) is 12.4 Å². The maximum Gasteiger partial charge on any atom is 0.244 e. The molecule has 1 amide bonds. The minimum Gasteiger partial charge on any atom is -0.495 e. The number of anilines is 1. The summed E-state index contributed by atoms with van der Waals surface area (Å²) in [7, 11) is -2.55. The van der Waals surface area contributed by atoms with Gasteiger partial charge in [0.25, 0.3) is 0 Å². The molecule has 0 unspecified atom stereocenters. The SMILES string of the molecule is COc1ccc(C)cc1S(=O)(=O)N[C@@H](C)C(=O)Nc1cc(C)on1. The third-order valence-corrected chi connectivity index (χ3v) is 4.78. The molecule has 0 saturated carbocycles. The second-order valence-corrected chi connectivity index (χ2v) is 6.99. The van der Waals surface area contributed by atoms with Crippen LogP contribution in [0.15, 0.2) is 33.7 Å². The minimum atomic E-state index is -3.94. The van der Waals surface area contributed by atoms with Crippen molar-refractivity contribution in [2.24, 2.45) is 0 Å². The summed E-state index contributed by atoms with van der Waals surface area (Å²) < 4.78 is 37.3. The largest absolute Gasteiger partial charge is 0.495 e.